The van der Waals surface area contributed by atoms with Crippen LogP contribution in [0.2, 0.25) is 0 Å². The Kier molecular flexibility index (Phi) is 3.10. The molecule has 0 unspecified atom stereocenters. The number of amides is 1. The van der Waals surface area contributed by atoms with Crippen molar-refractivity contribution < 1.29 is 4.79 Å². The number of rotatable bonds is 3. The van der Waals surface area contributed by atoms with Crippen molar-refractivity contribution in [3.8, 4) is 11.5 Å². The van der Waals surface area contributed by atoms with Crippen LogP contribution in [-0.2, 0) is 17.9 Å². The summed E-state index contributed by atoms with van der Waals surface area (Å²) in [5, 5.41) is 4.89. The van der Waals surface area contributed by atoms with Crippen LogP contribution in [0.25, 0.3) is 11.5 Å². The molecule has 0 saturated heterocycles. The van der Waals surface area contributed by atoms with Gasteiger partial charge in [0.1, 0.15) is 5.82 Å². The zero-order valence-corrected chi connectivity index (χ0v) is 14.2. The van der Waals surface area contributed by atoms with Crippen LogP contribution < -0.4 is 0 Å². The van der Waals surface area contributed by atoms with Crippen molar-refractivity contribution in [2.75, 3.05) is 0 Å². The van der Waals surface area contributed by atoms with Gasteiger partial charge in [-0.1, -0.05) is 18.2 Å². The smallest absolute Gasteiger partial charge is 0.226 e. The van der Waals surface area contributed by atoms with Crippen LogP contribution in [-0.4, -0.2) is 25.2 Å². The van der Waals surface area contributed by atoms with Gasteiger partial charge >= 0.3 is 0 Å². The predicted molar refractivity (Wildman–Crippen MR) is 94.6 cm³/mol. The Hall–Kier alpha value is -2.82. The van der Waals surface area contributed by atoms with Crippen LogP contribution in [0, 0.1) is 12.8 Å². The van der Waals surface area contributed by atoms with E-state index in [0.717, 1.165) is 35.6 Å². The predicted octanol–water partition coefficient (Wildman–Crippen LogP) is 3.22. The van der Waals surface area contributed by atoms with Crippen molar-refractivity contribution in [2.45, 2.75) is 32.9 Å². The van der Waals surface area contributed by atoms with Gasteiger partial charge in [0.25, 0.3) is 0 Å². The Bertz CT molecular complexity index is 950. The minimum Gasteiger partial charge on any atom is -0.332 e. The number of aryl methyl sites for hydroxylation is 1. The molecule has 0 radical (unpaired) electrons. The first-order valence-corrected chi connectivity index (χ1v) is 8.81. The van der Waals surface area contributed by atoms with E-state index in [-0.39, 0.29) is 5.92 Å². The summed E-state index contributed by atoms with van der Waals surface area (Å²) in [7, 11) is 0. The molecule has 25 heavy (non-hydrogen) atoms. The van der Waals surface area contributed by atoms with Gasteiger partial charge < -0.3 is 9.47 Å². The fraction of sp³-hybridized carbons (Fsp3) is 0.300. The molecule has 0 bridgehead atoms. The molecule has 0 spiro atoms. The van der Waals surface area contributed by atoms with E-state index in [1.807, 2.05) is 46.2 Å². The number of fused-ring (bicyclic) bond motifs is 1. The fourth-order valence-corrected chi connectivity index (χ4v) is 3.66. The summed E-state index contributed by atoms with van der Waals surface area (Å²) < 4.78 is 4.13. The van der Waals surface area contributed by atoms with E-state index in [2.05, 4.69) is 23.6 Å². The lowest BCUT2D eigenvalue weighted by Gasteiger charge is -2.17. The Balaban J connectivity index is 1.62. The molecule has 3 heterocycles. The maximum atomic E-state index is 12.5. The van der Waals surface area contributed by atoms with Crippen molar-refractivity contribution in [3.63, 3.8) is 0 Å². The van der Waals surface area contributed by atoms with Crippen LogP contribution in [0.5, 0.6) is 0 Å². The summed E-state index contributed by atoms with van der Waals surface area (Å²) in [6, 6.07) is 12.3. The van der Waals surface area contributed by atoms with E-state index in [1.165, 1.54) is 5.56 Å². The first-order valence-electron chi connectivity index (χ1n) is 8.81. The number of hydrogen-bond donors (Lipinski definition) is 0. The molecule has 5 nitrogen and oxygen atoms in total. The summed E-state index contributed by atoms with van der Waals surface area (Å²) in [5.41, 5.74) is 4.44. The zero-order valence-electron chi connectivity index (χ0n) is 14.2. The molecule has 3 aromatic rings. The number of carbonyl (C=O) groups excluding carboxylic acids is 1. The number of benzene rings is 1. The summed E-state index contributed by atoms with van der Waals surface area (Å²) >= 11 is 0. The quantitative estimate of drug-likeness (QED) is 0.739. The van der Waals surface area contributed by atoms with Gasteiger partial charge in [-0.3, -0.25) is 4.79 Å². The Morgan fingerprint density at radius 2 is 1.84 bits per heavy atom. The number of nitrogens with zero attached hydrogens (tertiary/aromatic N) is 4. The molecular weight excluding hydrogens is 312 g/mol. The lowest BCUT2D eigenvalue weighted by atomic mass is 10.2. The number of para-hydroxylation sites is 1. The Labute approximate surface area is 146 Å². The van der Waals surface area contributed by atoms with Gasteiger partial charge in [-0.15, -0.1) is 0 Å². The SMILES string of the molecule is Cc1ccccc1-n1nc2c(c1-n1cccc1)CN(C(=O)C1CC1)C2. The largest absolute Gasteiger partial charge is 0.332 e. The van der Waals surface area contributed by atoms with Crippen LogP contribution >= 0.6 is 0 Å². The van der Waals surface area contributed by atoms with Gasteiger partial charge in [0.05, 0.1) is 24.5 Å². The monoisotopic (exact) mass is 332 g/mol. The topological polar surface area (TPSA) is 43.1 Å². The molecule has 5 rings (SSSR count). The van der Waals surface area contributed by atoms with Gasteiger partial charge in [0.2, 0.25) is 5.91 Å². The minimum absolute atomic E-state index is 0.252. The molecular formula is C20H20N4O. The zero-order chi connectivity index (χ0) is 17.0. The van der Waals surface area contributed by atoms with Gasteiger partial charge in [0.15, 0.2) is 0 Å². The molecule has 1 aliphatic heterocycles. The third-order valence-corrected chi connectivity index (χ3v) is 5.16. The second-order valence-corrected chi connectivity index (χ2v) is 7.01. The molecule has 1 aliphatic carbocycles. The number of hydrogen-bond acceptors (Lipinski definition) is 2. The molecule has 2 aromatic heterocycles. The number of carbonyl (C=O) groups is 1. The molecule has 1 fully saturated rings. The van der Waals surface area contributed by atoms with Gasteiger partial charge in [-0.05, 0) is 43.5 Å². The average molecular weight is 332 g/mol. The normalized spacial score (nSPS) is 16.3. The highest BCUT2D eigenvalue weighted by Gasteiger charge is 2.38. The second kappa shape index (κ2) is 5.34. The van der Waals surface area contributed by atoms with Crippen LogP contribution in [0.15, 0.2) is 48.8 Å². The highest BCUT2D eigenvalue weighted by molar-refractivity contribution is 5.81. The van der Waals surface area contributed by atoms with Gasteiger partial charge in [-0.25, -0.2) is 4.68 Å². The molecule has 1 aromatic carbocycles. The van der Waals surface area contributed by atoms with Gasteiger partial charge in [0, 0.05) is 23.9 Å². The first kappa shape index (κ1) is 14.5. The molecule has 5 heteroatoms. The molecule has 1 amide bonds. The van der Waals surface area contributed by atoms with E-state index < -0.39 is 0 Å². The van der Waals surface area contributed by atoms with Crippen LogP contribution in [0.4, 0.5) is 0 Å². The second-order valence-electron chi connectivity index (χ2n) is 7.01. The van der Waals surface area contributed by atoms with Crippen molar-refractivity contribution in [2.24, 2.45) is 5.92 Å². The fourth-order valence-electron chi connectivity index (χ4n) is 3.66. The molecule has 0 N–H and O–H groups in total. The van der Waals surface area contributed by atoms with Crippen molar-refractivity contribution in [3.05, 3.63) is 65.6 Å². The lowest BCUT2D eigenvalue weighted by Crippen LogP contribution is -2.27. The standard InChI is InChI=1S/C20H20N4O/c1-14-6-2-3-7-18(14)24-19(22-10-4-5-11-22)16-12-23(13-17(16)21-24)20(25)15-8-9-15/h2-7,10-11,15H,8-9,12-13H2,1H3. The third kappa shape index (κ3) is 2.30. The maximum absolute atomic E-state index is 12.5. The summed E-state index contributed by atoms with van der Waals surface area (Å²) in [4.78, 5) is 14.4. The average Bonchev–Trinajstić information content (AvgIpc) is 3.02. The number of aromatic nitrogens is 3. The van der Waals surface area contributed by atoms with E-state index in [9.17, 15) is 4.79 Å². The van der Waals surface area contributed by atoms with Crippen molar-refractivity contribution >= 4 is 5.91 Å². The van der Waals surface area contributed by atoms with Gasteiger partial charge in [-0.2, -0.15) is 5.10 Å². The molecule has 2 aliphatic rings. The van der Waals surface area contributed by atoms with E-state index >= 15 is 0 Å². The summed E-state index contributed by atoms with van der Waals surface area (Å²) in [6.45, 7) is 3.38. The summed E-state index contributed by atoms with van der Waals surface area (Å²) in [5.74, 6) is 1.59. The minimum atomic E-state index is 0.252. The highest BCUT2D eigenvalue weighted by atomic mass is 16.2. The molecule has 1 saturated carbocycles. The highest BCUT2D eigenvalue weighted by Crippen LogP contribution is 2.36. The van der Waals surface area contributed by atoms with Crippen LogP contribution in [0.1, 0.15) is 29.7 Å². The van der Waals surface area contributed by atoms with Crippen LogP contribution in [0.3, 0.4) is 0 Å². The first-order chi connectivity index (χ1) is 12.2. The Morgan fingerprint density at radius 1 is 1.08 bits per heavy atom. The van der Waals surface area contributed by atoms with Crippen molar-refractivity contribution in [1.29, 1.82) is 0 Å². The van der Waals surface area contributed by atoms with E-state index in [0.29, 0.717) is 19.0 Å². The van der Waals surface area contributed by atoms with E-state index in [4.69, 9.17) is 5.10 Å². The Morgan fingerprint density at radius 3 is 2.56 bits per heavy atom. The lowest BCUT2D eigenvalue weighted by molar-refractivity contribution is -0.133. The maximum Gasteiger partial charge on any atom is 0.226 e. The molecule has 126 valence electrons. The summed E-state index contributed by atoms with van der Waals surface area (Å²) in [6.07, 6.45) is 6.16. The molecule has 0 atom stereocenters. The van der Waals surface area contributed by atoms with E-state index in [1.54, 1.807) is 0 Å². The van der Waals surface area contributed by atoms with Crippen molar-refractivity contribution in [1.82, 2.24) is 19.2 Å². The third-order valence-electron chi connectivity index (χ3n) is 5.16.